The molecule has 0 N–H and O–H groups in total. The van der Waals surface area contributed by atoms with E-state index in [0.717, 1.165) is 31.5 Å². The highest BCUT2D eigenvalue weighted by Crippen LogP contribution is 2.54. The Morgan fingerprint density at radius 1 is 0.625 bits per heavy atom. The van der Waals surface area contributed by atoms with Crippen molar-refractivity contribution in [3.8, 4) is 0 Å². The minimum atomic E-state index is -3.81. The van der Waals surface area contributed by atoms with Gasteiger partial charge in [0.2, 0.25) is 0 Å². The Kier molecular flexibility index (Phi) is 13.6. The molecule has 0 amide bonds. The Hall–Kier alpha value is 0.870. The number of fused-ring (bicyclic) bond motifs is 6. The normalized spacial score (nSPS) is 45.9. The quantitative estimate of drug-likeness (QED) is 0.249. The van der Waals surface area contributed by atoms with Crippen LogP contribution in [-0.4, -0.2) is 149 Å². The summed E-state index contributed by atoms with van der Waals surface area (Å²) in [6.45, 7) is 10.3. The maximum Gasteiger partial charge on any atom is 0.144 e. The zero-order chi connectivity index (χ0) is 35.9. The third-order valence-electron chi connectivity index (χ3n) is 8.74. The molecule has 16 nitrogen and oxygen atoms in total. The standard InChI is InChI=1S/C9H17O6P.2C9H17O5PS/c1-6-7-8(15-16(3,10)11)9(14-6,4-12-2)5-13-7;2*1-6-7-8(14-15(3,10)11)9(13-6,4-12-2)5-16-7/h3*6-8H,4-5H2,1-3H3,(H,10,11)/p-3/t3*6-,7?,8+,9-/m000/s1. The van der Waals surface area contributed by atoms with Crippen molar-refractivity contribution >= 4 is 46.3 Å². The summed E-state index contributed by atoms with van der Waals surface area (Å²) in [6, 6.07) is 0. The monoisotopic (exact) mass is 785 g/mol. The molecule has 6 rings (SSSR count). The van der Waals surface area contributed by atoms with Crippen molar-refractivity contribution in [3.63, 3.8) is 0 Å². The average molecular weight is 786 g/mol. The molecule has 0 radical (unpaired) electrons. The highest BCUT2D eigenvalue weighted by molar-refractivity contribution is 8.00. The fourth-order valence-corrected chi connectivity index (χ4v) is 12.7. The lowest BCUT2D eigenvalue weighted by Gasteiger charge is -2.32. The smallest absolute Gasteiger partial charge is 0.144 e. The molecule has 21 heteroatoms. The molecule has 6 bridgehead atoms. The summed E-state index contributed by atoms with van der Waals surface area (Å²) >= 11 is 3.40. The van der Waals surface area contributed by atoms with Gasteiger partial charge in [0, 0.05) is 52.8 Å². The summed E-state index contributed by atoms with van der Waals surface area (Å²) in [7, 11) is -6.59. The van der Waals surface area contributed by atoms with Gasteiger partial charge in [-0.15, -0.1) is 23.5 Å². The van der Waals surface area contributed by atoms with E-state index < -0.39 is 57.9 Å². The van der Waals surface area contributed by atoms with E-state index in [2.05, 4.69) is 0 Å². The number of hydrogen-bond donors (Lipinski definition) is 0. The zero-order valence-corrected chi connectivity index (χ0v) is 32.9. The van der Waals surface area contributed by atoms with Crippen molar-refractivity contribution in [3.05, 3.63) is 0 Å². The maximum atomic E-state index is 11.3. The van der Waals surface area contributed by atoms with Gasteiger partial charge in [-0.25, -0.2) is 0 Å². The summed E-state index contributed by atoms with van der Waals surface area (Å²) in [5.41, 5.74) is -1.98. The number of ether oxygens (including phenoxy) is 7. The number of thioether (sulfide) groups is 2. The third-order valence-corrected chi connectivity index (χ3v) is 13.9. The highest BCUT2D eigenvalue weighted by Gasteiger charge is 2.63. The van der Waals surface area contributed by atoms with Crippen LogP contribution in [-0.2, 0) is 60.4 Å². The van der Waals surface area contributed by atoms with E-state index in [4.69, 9.17) is 46.7 Å². The Bertz CT molecular complexity index is 1100. The molecule has 6 fully saturated rings. The van der Waals surface area contributed by atoms with E-state index in [0.29, 0.717) is 19.8 Å². The summed E-state index contributed by atoms with van der Waals surface area (Å²) in [5, 5.41) is 0.162. The van der Waals surface area contributed by atoms with Crippen molar-refractivity contribution in [2.24, 2.45) is 0 Å². The van der Waals surface area contributed by atoms with Crippen LogP contribution < -0.4 is 14.7 Å². The predicted octanol–water partition coefficient (Wildman–Crippen LogP) is 0.706. The summed E-state index contributed by atoms with van der Waals surface area (Å²) < 4.78 is 87.3. The first kappa shape index (κ1) is 41.6. The van der Waals surface area contributed by atoms with E-state index in [-0.39, 0.29) is 41.5 Å². The van der Waals surface area contributed by atoms with Gasteiger partial charge in [0.15, 0.2) is 0 Å². The molecular formula is C27H48O16P3S2-3. The van der Waals surface area contributed by atoms with Crippen LogP contribution in [0.2, 0.25) is 0 Å². The van der Waals surface area contributed by atoms with Gasteiger partial charge < -0.3 is 75.1 Å². The van der Waals surface area contributed by atoms with Crippen molar-refractivity contribution in [2.75, 3.05) is 79.3 Å². The van der Waals surface area contributed by atoms with Crippen LogP contribution in [0.5, 0.6) is 0 Å². The lowest BCUT2D eigenvalue weighted by molar-refractivity contribution is -0.207. The predicted molar refractivity (Wildman–Crippen MR) is 173 cm³/mol. The van der Waals surface area contributed by atoms with Crippen LogP contribution in [0.3, 0.4) is 0 Å². The van der Waals surface area contributed by atoms with Crippen molar-refractivity contribution in [1.29, 1.82) is 0 Å². The van der Waals surface area contributed by atoms with Crippen LogP contribution in [0.1, 0.15) is 20.8 Å². The molecule has 6 aliphatic rings. The van der Waals surface area contributed by atoms with Gasteiger partial charge in [-0.3, -0.25) is 0 Å². The van der Waals surface area contributed by atoms with Gasteiger partial charge in [-0.05, 0) is 20.8 Å². The van der Waals surface area contributed by atoms with Gasteiger partial charge in [0.1, 0.15) is 64.0 Å². The second-order valence-electron chi connectivity index (χ2n) is 13.2. The highest BCUT2D eigenvalue weighted by atomic mass is 32.2. The molecule has 282 valence electrons. The molecule has 0 aromatic rings. The topological polar surface area (TPSA) is 213 Å². The second kappa shape index (κ2) is 15.7. The summed E-state index contributed by atoms with van der Waals surface area (Å²) in [6.07, 6.45) is -1.94. The Morgan fingerprint density at radius 3 is 1.31 bits per heavy atom. The lowest BCUT2D eigenvalue weighted by Crippen LogP contribution is -2.46. The van der Waals surface area contributed by atoms with Crippen molar-refractivity contribution in [2.45, 2.75) is 90.8 Å². The van der Waals surface area contributed by atoms with Crippen LogP contribution >= 0.6 is 46.3 Å². The molecule has 0 aromatic carbocycles. The minimum absolute atomic E-state index is 0.00505. The SMILES string of the molecule is COC[C@@]12COC([C@H](C)O1)[C@H]2OP(C)(=O)[O-].COC[C@@]12CSC([C@H](C)O1)[C@H]2OP(C)(=O)[O-].COC[C@@]12CSC([C@H](C)O1)[C@H]2OP(C)(=O)[O-]. The van der Waals surface area contributed by atoms with E-state index >= 15 is 0 Å². The van der Waals surface area contributed by atoms with Crippen LogP contribution in [0, 0.1) is 0 Å². The molecule has 0 spiro atoms. The van der Waals surface area contributed by atoms with Crippen LogP contribution in [0.15, 0.2) is 0 Å². The number of rotatable bonds is 12. The third kappa shape index (κ3) is 9.32. The molecular weight excluding hydrogens is 737 g/mol. The molecule has 15 atom stereocenters. The summed E-state index contributed by atoms with van der Waals surface area (Å²) in [5.74, 6) is 1.45. The first-order chi connectivity index (χ1) is 22.1. The van der Waals surface area contributed by atoms with Crippen LogP contribution in [0.25, 0.3) is 0 Å². The van der Waals surface area contributed by atoms with Gasteiger partial charge in [-0.2, -0.15) is 0 Å². The van der Waals surface area contributed by atoms with Gasteiger partial charge in [-0.1, -0.05) is 0 Å². The molecule has 0 saturated carbocycles. The fourth-order valence-electron chi connectivity index (χ4n) is 7.17. The zero-order valence-electron chi connectivity index (χ0n) is 28.6. The first-order valence-corrected chi connectivity index (χ1v) is 23.5. The van der Waals surface area contributed by atoms with E-state index in [1.807, 2.05) is 20.8 Å². The maximum absolute atomic E-state index is 11.3. The first-order valence-electron chi connectivity index (χ1n) is 15.4. The molecule has 6 aliphatic heterocycles. The van der Waals surface area contributed by atoms with Gasteiger partial charge >= 0.3 is 0 Å². The van der Waals surface area contributed by atoms with Gasteiger partial charge in [0.05, 0.1) is 55.2 Å². The van der Waals surface area contributed by atoms with E-state index in [1.165, 1.54) is 7.11 Å². The van der Waals surface area contributed by atoms with Crippen molar-refractivity contribution in [1.82, 2.24) is 0 Å². The number of hydrogen-bond acceptors (Lipinski definition) is 18. The minimum Gasteiger partial charge on any atom is -0.779 e. The van der Waals surface area contributed by atoms with E-state index in [1.54, 1.807) is 37.7 Å². The van der Waals surface area contributed by atoms with Crippen LogP contribution in [0.4, 0.5) is 0 Å². The summed E-state index contributed by atoms with van der Waals surface area (Å²) in [4.78, 5) is 33.7. The average Bonchev–Trinajstić information content (AvgIpc) is 3.71. The Labute approximate surface area is 290 Å². The molecule has 0 aromatic heterocycles. The molecule has 6 unspecified atom stereocenters. The lowest BCUT2D eigenvalue weighted by atomic mass is 10.00. The molecule has 0 aliphatic carbocycles. The number of methoxy groups -OCH3 is 3. The van der Waals surface area contributed by atoms with E-state index in [9.17, 15) is 28.4 Å². The molecule has 48 heavy (non-hydrogen) atoms. The molecule has 6 saturated heterocycles. The largest absolute Gasteiger partial charge is 0.779 e. The second-order valence-corrected chi connectivity index (χ2v) is 20.8. The molecule has 6 heterocycles. The van der Waals surface area contributed by atoms with Gasteiger partial charge in [0.25, 0.3) is 0 Å². The Morgan fingerprint density at radius 2 is 0.979 bits per heavy atom. The fraction of sp³-hybridized carbons (Fsp3) is 1.00. The Balaban J connectivity index is 0.000000163. The van der Waals surface area contributed by atoms with Crippen molar-refractivity contribution < 1.29 is 75.1 Å².